The third-order valence-electron chi connectivity index (χ3n) is 6.17. The maximum atomic E-state index is 13.0. The maximum absolute atomic E-state index is 13.0. The molecule has 2 aromatic rings. The number of rotatable bonds is 4. The second-order valence-electron chi connectivity index (χ2n) is 8.56. The van der Waals surface area contributed by atoms with Crippen molar-refractivity contribution >= 4 is 17.8 Å². The van der Waals surface area contributed by atoms with Crippen LogP contribution in [-0.4, -0.2) is 62.7 Å². The van der Waals surface area contributed by atoms with Gasteiger partial charge in [0.15, 0.2) is 0 Å². The number of hydrogen-bond donors (Lipinski definition) is 1. The maximum Gasteiger partial charge on any atom is 0.242 e. The first kappa shape index (κ1) is 21.2. The van der Waals surface area contributed by atoms with Crippen LogP contribution >= 0.6 is 0 Å². The number of aryl methyl sites for hydroxylation is 1. The van der Waals surface area contributed by atoms with Gasteiger partial charge in [-0.1, -0.05) is 6.42 Å². The van der Waals surface area contributed by atoms with E-state index in [4.69, 9.17) is 10.7 Å². The van der Waals surface area contributed by atoms with Crippen molar-refractivity contribution in [1.82, 2.24) is 24.8 Å². The minimum Gasteiger partial charge on any atom is -0.368 e. The lowest BCUT2D eigenvalue weighted by Gasteiger charge is -2.34. The molecule has 0 spiro atoms. The fraction of sp³-hybridized carbons (Fsp3) is 0.522. The minimum atomic E-state index is 0.0414. The number of hydrogen-bond acceptors (Lipinski definition) is 6. The molecule has 1 atom stereocenters. The number of piperidine rings is 1. The molecule has 0 bridgehead atoms. The highest BCUT2D eigenvalue weighted by atomic mass is 16.2. The van der Waals surface area contributed by atoms with Gasteiger partial charge in [-0.2, -0.15) is 0 Å². The summed E-state index contributed by atoms with van der Waals surface area (Å²) in [5.74, 6) is 0.569. The van der Waals surface area contributed by atoms with Crippen LogP contribution in [0.3, 0.4) is 0 Å². The van der Waals surface area contributed by atoms with Crippen LogP contribution in [0.25, 0.3) is 11.1 Å². The van der Waals surface area contributed by atoms with E-state index in [0.29, 0.717) is 19.5 Å². The van der Waals surface area contributed by atoms with Crippen LogP contribution in [0.4, 0.5) is 5.95 Å². The summed E-state index contributed by atoms with van der Waals surface area (Å²) in [6.45, 7) is 4.23. The Kier molecular flexibility index (Phi) is 6.44. The Balaban J connectivity index is 1.47. The van der Waals surface area contributed by atoms with E-state index in [1.807, 2.05) is 17.9 Å². The standard InChI is InChI=1S/C23H30N6O2/c1-16-10-18(19-12-25-23(24)26-13-19)11-20(27-16)17-6-5-9-28(14-17)22(31)15-29-8-4-2-3-7-21(29)30/h10-13,17H,2-9,14-15H2,1H3,(H2,24,25,26)/t17-/m1/s1. The molecule has 2 N–H and O–H groups in total. The summed E-state index contributed by atoms with van der Waals surface area (Å²) >= 11 is 0. The van der Waals surface area contributed by atoms with Gasteiger partial charge in [-0.05, 0) is 50.3 Å². The Hall–Kier alpha value is -3.03. The van der Waals surface area contributed by atoms with Gasteiger partial charge in [0.25, 0.3) is 0 Å². The fourth-order valence-corrected chi connectivity index (χ4v) is 4.47. The number of aromatic nitrogens is 3. The first-order valence-corrected chi connectivity index (χ1v) is 11.1. The summed E-state index contributed by atoms with van der Waals surface area (Å²) in [6.07, 6.45) is 8.87. The zero-order chi connectivity index (χ0) is 21.8. The molecule has 2 saturated heterocycles. The van der Waals surface area contributed by atoms with Crippen molar-refractivity contribution in [2.24, 2.45) is 0 Å². The molecule has 2 aliphatic rings. The van der Waals surface area contributed by atoms with Gasteiger partial charge in [-0.3, -0.25) is 14.6 Å². The average Bonchev–Trinajstić information content (AvgIpc) is 2.98. The molecule has 4 heterocycles. The van der Waals surface area contributed by atoms with Gasteiger partial charge in [0.05, 0.1) is 6.54 Å². The first-order chi connectivity index (χ1) is 15.0. The Bertz CT molecular complexity index is 946. The van der Waals surface area contributed by atoms with E-state index in [1.54, 1.807) is 17.3 Å². The lowest BCUT2D eigenvalue weighted by Crippen LogP contribution is -2.46. The molecule has 2 aliphatic heterocycles. The predicted molar refractivity (Wildman–Crippen MR) is 118 cm³/mol. The normalized spacial score (nSPS) is 19.9. The molecule has 8 nitrogen and oxygen atoms in total. The highest BCUT2D eigenvalue weighted by Gasteiger charge is 2.28. The van der Waals surface area contributed by atoms with Crippen LogP contribution in [0.5, 0.6) is 0 Å². The molecular weight excluding hydrogens is 392 g/mol. The Morgan fingerprint density at radius 2 is 1.90 bits per heavy atom. The van der Waals surface area contributed by atoms with E-state index in [2.05, 4.69) is 16.0 Å². The Labute approximate surface area is 182 Å². The lowest BCUT2D eigenvalue weighted by atomic mass is 9.92. The summed E-state index contributed by atoms with van der Waals surface area (Å²) in [5.41, 5.74) is 9.41. The largest absolute Gasteiger partial charge is 0.368 e. The number of nitrogens with two attached hydrogens (primary N) is 1. The highest BCUT2D eigenvalue weighted by Crippen LogP contribution is 2.29. The number of nitrogens with zero attached hydrogens (tertiary/aromatic N) is 5. The Morgan fingerprint density at radius 1 is 1.10 bits per heavy atom. The molecule has 0 aromatic carbocycles. The van der Waals surface area contributed by atoms with Gasteiger partial charge < -0.3 is 15.5 Å². The van der Waals surface area contributed by atoms with Crippen molar-refractivity contribution in [3.05, 3.63) is 35.9 Å². The van der Waals surface area contributed by atoms with Crippen molar-refractivity contribution in [1.29, 1.82) is 0 Å². The van der Waals surface area contributed by atoms with E-state index >= 15 is 0 Å². The predicted octanol–water partition coefficient (Wildman–Crippen LogP) is 2.54. The summed E-state index contributed by atoms with van der Waals surface area (Å²) < 4.78 is 0. The van der Waals surface area contributed by atoms with E-state index in [0.717, 1.165) is 61.2 Å². The van der Waals surface area contributed by atoms with Crippen LogP contribution in [-0.2, 0) is 9.59 Å². The van der Waals surface area contributed by atoms with E-state index in [1.165, 1.54) is 0 Å². The molecule has 0 aliphatic carbocycles. The molecule has 0 unspecified atom stereocenters. The van der Waals surface area contributed by atoms with E-state index in [-0.39, 0.29) is 30.2 Å². The molecular formula is C23H30N6O2. The molecule has 31 heavy (non-hydrogen) atoms. The van der Waals surface area contributed by atoms with Crippen molar-refractivity contribution < 1.29 is 9.59 Å². The van der Waals surface area contributed by atoms with Crippen molar-refractivity contribution in [3.8, 4) is 11.1 Å². The minimum absolute atomic E-state index is 0.0414. The SMILES string of the molecule is Cc1cc(-c2cnc(N)nc2)cc([C@@H]2CCCN(C(=O)CN3CCCCCC3=O)C2)n1. The van der Waals surface area contributed by atoms with Crippen LogP contribution < -0.4 is 5.73 Å². The highest BCUT2D eigenvalue weighted by molar-refractivity contribution is 5.85. The summed E-state index contributed by atoms with van der Waals surface area (Å²) in [4.78, 5) is 41.8. The zero-order valence-corrected chi connectivity index (χ0v) is 18.1. The van der Waals surface area contributed by atoms with Gasteiger partial charge in [-0.15, -0.1) is 0 Å². The second-order valence-corrected chi connectivity index (χ2v) is 8.56. The van der Waals surface area contributed by atoms with Crippen LogP contribution in [0.15, 0.2) is 24.5 Å². The molecule has 2 fully saturated rings. The van der Waals surface area contributed by atoms with E-state index in [9.17, 15) is 9.59 Å². The number of carbonyl (C=O) groups excluding carboxylic acids is 2. The third-order valence-corrected chi connectivity index (χ3v) is 6.17. The molecule has 0 radical (unpaired) electrons. The van der Waals surface area contributed by atoms with Crippen molar-refractivity contribution in [2.75, 3.05) is 31.9 Å². The van der Waals surface area contributed by atoms with Gasteiger partial charge in [-0.25, -0.2) is 9.97 Å². The smallest absolute Gasteiger partial charge is 0.242 e. The fourth-order valence-electron chi connectivity index (χ4n) is 4.47. The number of carbonyl (C=O) groups is 2. The number of pyridine rings is 1. The van der Waals surface area contributed by atoms with Gasteiger partial charge in [0, 0.05) is 61.3 Å². The van der Waals surface area contributed by atoms with Crippen LogP contribution in [0.1, 0.15) is 55.8 Å². The van der Waals surface area contributed by atoms with Crippen molar-refractivity contribution in [3.63, 3.8) is 0 Å². The van der Waals surface area contributed by atoms with Gasteiger partial charge >= 0.3 is 0 Å². The first-order valence-electron chi connectivity index (χ1n) is 11.1. The summed E-state index contributed by atoms with van der Waals surface area (Å²) in [7, 11) is 0. The second kappa shape index (κ2) is 9.41. The molecule has 4 rings (SSSR count). The summed E-state index contributed by atoms with van der Waals surface area (Å²) in [5, 5.41) is 0. The lowest BCUT2D eigenvalue weighted by molar-refractivity contribution is -0.140. The van der Waals surface area contributed by atoms with Gasteiger partial charge in [0.1, 0.15) is 0 Å². The van der Waals surface area contributed by atoms with Crippen LogP contribution in [0, 0.1) is 6.92 Å². The monoisotopic (exact) mass is 422 g/mol. The molecule has 164 valence electrons. The average molecular weight is 423 g/mol. The molecule has 0 saturated carbocycles. The quantitative estimate of drug-likeness (QED) is 0.812. The topological polar surface area (TPSA) is 105 Å². The molecule has 8 heteroatoms. The Morgan fingerprint density at radius 3 is 2.71 bits per heavy atom. The molecule has 2 aromatic heterocycles. The number of likely N-dealkylation sites (tertiary alicyclic amines) is 2. The number of anilines is 1. The zero-order valence-electron chi connectivity index (χ0n) is 18.1. The van der Waals surface area contributed by atoms with Crippen molar-refractivity contribution in [2.45, 2.75) is 51.4 Å². The molecule has 2 amide bonds. The van der Waals surface area contributed by atoms with E-state index < -0.39 is 0 Å². The third kappa shape index (κ3) is 5.18. The number of nitrogen functional groups attached to an aromatic ring is 1. The number of amides is 2. The van der Waals surface area contributed by atoms with Gasteiger partial charge in [0.2, 0.25) is 17.8 Å². The van der Waals surface area contributed by atoms with Crippen LogP contribution in [0.2, 0.25) is 0 Å². The summed E-state index contributed by atoms with van der Waals surface area (Å²) in [6, 6.07) is 4.08.